The normalized spacial score (nSPS) is 20.3. The highest BCUT2D eigenvalue weighted by atomic mass is 32.1. The molecule has 1 saturated carbocycles. The van der Waals surface area contributed by atoms with Crippen LogP contribution in [0.15, 0.2) is 17.5 Å². The molecule has 84 valence electrons. The largest absolute Gasteiger partial charge is 0.327 e. The maximum absolute atomic E-state index is 6.27. The lowest BCUT2D eigenvalue weighted by Gasteiger charge is -2.27. The van der Waals surface area contributed by atoms with Crippen molar-refractivity contribution >= 4 is 11.3 Å². The lowest BCUT2D eigenvalue weighted by atomic mass is 9.82. The monoisotopic (exact) mass is 223 g/mol. The molecule has 1 fully saturated rings. The Kier molecular flexibility index (Phi) is 4.21. The molecule has 0 spiro atoms. The van der Waals surface area contributed by atoms with Gasteiger partial charge in [0.25, 0.3) is 0 Å². The van der Waals surface area contributed by atoms with Gasteiger partial charge in [-0.25, -0.2) is 0 Å². The van der Waals surface area contributed by atoms with Gasteiger partial charge in [-0.3, -0.25) is 0 Å². The summed E-state index contributed by atoms with van der Waals surface area (Å²) < 4.78 is 0. The zero-order valence-corrected chi connectivity index (χ0v) is 10.1. The van der Waals surface area contributed by atoms with Crippen molar-refractivity contribution in [3.8, 4) is 0 Å². The molecule has 1 aliphatic carbocycles. The van der Waals surface area contributed by atoms with Crippen molar-refractivity contribution in [3.63, 3.8) is 0 Å². The van der Waals surface area contributed by atoms with E-state index in [1.54, 1.807) is 0 Å². The minimum Gasteiger partial charge on any atom is -0.327 e. The van der Waals surface area contributed by atoms with Crippen molar-refractivity contribution in [1.29, 1.82) is 0 Å². The van der Waals surface area contributed by atoms with Crippen molar-refractivity contribution in [2.75, 3.05) is 0 Å². The van der Waals surface area contributed by atoms with E-state index in [1.807, 2.05) is 11.3 Å². The van der Waals surface area contributed by atoms with Gasteiger partial charge in [-0.15, -0.1) is 11.3 Å². The molecule has 1 nitrogen and oxygen atoms in total. The molecule has 0 aromatic carbocycles. The number of hydrogen-bond donors (Lipinski definition) is 1. The standard InChI is InChI=1S/C13H21NS/c14-13(11-5-2-1-3-6-11)9-8-12-7-4-10-15-12/h4,7,10-11,13H,1-3,5-6,8-9,14H2. The maximum Gasteiger partial charge on any atom is 0.00706 e. The van der Waals surface area contributed by atoms with Gasteiger partial charge in [0.15, 0.2) is 0 Å². The van der Waals surface area contributed by atoms with Crippen LogP contribution in [-0.2, 0) is 6.42 Å². The van der Waals surface area contributed by atoms with Crippen LogP contribution in [0.3, 0.4) is 0 Å². The topological polar surface area (TPSA) is 26.0 Å². The maximum atomic E-state index is 6.27. The predicted molar refractivity (Wildman–Crippen MR) is 67.2 cm³/mol. The molecule has 2 N–H and O–H groups in total. The van der Waals surface area contributed by atoms with E-state index in [2.05, 4.69) is 17.5 Å². The van der Waals surface area contributed by atoms with Gasteiger partial charge in [-0.05, 0) is 43.0 Å². The number of thiophene rings is 1. The minimum atomic E-state index is 0.437. The van der Waals surface area contributed by atoms with E-state index >= 15 is 0 Å². The van der Waals surface area contributed by atoms with Gasteiger partial charge in [0.2, 0.25) is 0 Å². The van der Waals surface area contributed by atoms with Crippen molar-refractivity contribution in [3.05, 3.63) is 22.4 Å². The molecular weight excluding hydrogens is 202 g/mol. The van der Waals surface area contributed by atoms with Gasteiger partial charge >= 0.3 is 0 Å². The summed E-state index contributed by atoms with van der Waals surface area (Å²) in [5.74, 6) is 0.804. The molecule has 15 heavy (non-hydrogen) atoms. The highest BCUT2D eigenvalue weighted by molar-refractivity contribution is 7.09. The van der Waals surface area contributed by atoms with Crippen LogP contribution in [0.1, 0.15) is 43.4 Å². The zero-order valence-electron chi connectivity index (χ0n) is 9.32. The summed E-state index contributed by atoms with van der Waals surface area (Å²) in [5, 5.41) is 2.15. The molecule has 2 heteroatoms. The summed E-state index contributed by atoms with van der Waals surface area (Å²) in [5.41, 5.74) is 6.27. The first-order valence-corrected chi connectivity index (χ1v) is 7.02. The number of aryl methyl sites for hydroxylation is 1. The second-order valence-electron chi connectivity index (χ2n) is 4.68. The molecule has 1 heterocycles. The number of hydrogen-bond acceptors (Lipinski definition) is 2. The summed E-state index contributed by atoms with van der Waals surface area (Å²) in [6.07, 6.45) is 9.31. The first-order valence-electron chi connectivity index (χ1n) is 6.14. The van der Waals surface area contributed by atoms with Crippen molar-refractivity contribution < 1.29 is 0 Å². The fourth-order valence-electron chi connectivity index (χ4n) is 2.56. The summed E-state index contributed by atoms with van der Waals surface area (Å²) in [6.45, 7) is 0. The van der Waals surface area contributed by atoms with E-state index in [0.29, 0.717) is 6.04 Å². The fourth-order valence-corrected chi connectivity index (χ4v) is 3.29. The summed E-state index contributed by atoms with van der Waals surface area (Å²) >= 11 is 1.86. The fraction of sp³-hybridized carbons (Fsp3) is 0.692. The van der Waals surface area contributed by atoms with Crippen LogP contribution < -0.4 is 5.73 Å². The Morgan fingerprint density at radius 1 is 1.33 bits per heavy atom. The van der Waals surface area contributed by atoms with E-state index in [9.17, 15) is 0 Å². The molecule has 1 aromatic rings. The SMILES string of the molecule is NC(CCc1cccs1)C1CCCCC1. The van der Waals surface area contributed by atoms with Crippen molar-refractivity contribution in [2.24, 2.45) is 11.7 Å². The van der Waals surface area contributed by atoms with Crippen LogP contribution in [0.5, 0.6) is 0 Å². The van der Waals surface area contributed by atoms with Gasteiger partial charge in [0.1, 0.15) is 0 Å². The average molecular weight is 223 g/mol. The van der Waals surface area contributed by atoms with E-state index in [-0.39, 0.29) is 0 Å². The molecule has 0 amide bonds. The van der Waals surface area contributed by atoms with Gasteiger partial charge in [0, 0.05) is 10.9 Å². The Morgan fingerprint density at radius 3 is 2.80 bits per heavy atom. The van der Waals surface area contributed by atoms with Crippen LogP contribution in [-0.4, -0.2) is 6.04 Å². The van der Waals surface area contributed by atoms with Gasteiger partial charge in [0.05, 0.1) is 0 Å². The Balaban J connectivity index is 1.74. The smallest absolute Gasteiger partial charge is 0.00706 e. The van der Waals surface area contributed by atoms with E-state index in [4.69, 9.17) is 5.73 Å². The van der Waals surface area contributed by atoms with Crippen molar-refractivity contribution in [2.45, 2.75) is 51.0 Å². The molecule has 1 aliphatic rings. The molecule has 2 rings (SSSR count). The third kappa shape index (κ3) is 3.32. The van der Waals surface area contributed by atoms with Gasteiger partial charge in [-0.2, -0.15) is 0 Å². The predicted octanol–water partition coefficient (Wildman–Crippen LogP) is 3.59. The van der Waals surface area contributed by atoms with Crippen LogP contribution in [0.2, 0.25) is 0 Å². The Labute approximate surface area is 96.7 Å². The minimum absolute atomic E-state index is 0.437. The highest BCUT2D eigenvalue weighted by Gasteiger charge is 2.20. The van der Waals surface area contributed by atoms with Crippen LogP contribution in [0, 0.1) is 5.92 Å². The molecule has 0 radical (unpaired) electrons. The van der Waals surface area contributed by atoms with E-state index < -0.39 is 0 Å². The molecule has 0 aliphatic heterocycles. The highest BCUT2D eigenvalue weighted by Crippen LogP contribution is 2.27. The van der Waals surface area contributed by atoms with Crippen LogP contribution in [0.4, 0.5) is 0 Å². The quantitative estimate of drug-likeness (QED) is 0.829. The lowest BCUT2D eigenvalue weighted by molar-refractivity contribution is 0.295. The van der Waals surface area contributed by atoms with E-state index in [0.717, 1.165) is 5.92 Å². The molecule has 0 saturated heterocycles. The Morgan fingerprint density at radius 2 is 2.13 bits per heavy atom. The molecule has 0 bridgehead atoms. The van der Waals surface area contributed by atoms with Gasteiger partial charge < -0.3 is 5.73 Å². The van der Waals surface area contributed by atoms with E-state index in [1.165, 1.54) is 49.8 Å². The number of nitrogens with two attached hydrogens (primary N) is 1. The van der Waals surface area contributed by atoms with Crippen LogP contribution >= 0.6 is 11.3 Å². The van der Waals surface area contributed by atoms with Crippen molar-refractivity contribution in [1.82, 2.24) is 0 Å². The molecule has 1 aromatic heterocycles. The Hall–Kier alpha value is -0.340. The van der Waals surface area contributed by atoms with Crippen LogP contribution in [0.25, 0.3) is 0 Å². The summed E-state index contributed by atoms with van der Waals surface area (Å²) in [4.78, 5) is 1.49. The first kappa shape index (κ1) is 11.2. The third-order valence-corrected chi connectivity index (χ3v) is 4.50. The zero-order chi connectivity index (χ0) is 10.5. The second-order valence-corrected chi connectivity index (χ2v) is 5.71. The number of rotatable bonds is 4. The third-order valence-electron chi connectivity index (χ3n) is 3.56. The Bertz CT molecular complexity index is 262. The van der Waals surface area contributed by atoms with Gasteiger partial charge in [-0.1, -0.05) is 25.3 Å². The second kappa shape index (κ2) is 5.66. The molecular formula is C13H21NS. The lowest BCUT2D eigenvalue weighted by Crippen LogP contribution is -2.31. The summed E-state index contributed by atoms with van der Waals surface area (Å²) in [7, 11) is 0. The molecule has 1 unspecified atom stereocenters. The first-order chi connectivity index (χ1) is 7.36. The summed E-state index contributed by atoms with van der Waals surface area (Å²) in [6, 6.07) is 4.79. The average Bonchev–Trinajstić information content (AvgIpc) is 2.80. The molecule has 1 atom stereocenters.